The Morgan fingerprint density at radius 2 is 1.84 bits per heavy atom. The molecule has 0 aliphatic rings. The summed E-state index contributed by atoms with van der Waals surface area (Å²) in [5.41, 5.74) is 3.61. The topological polar surface area (TPSA) is 9.23 Å². The first kappa shape index (κ1) is 14.4. The Kier molecular flexibility index (Phi) is 4.89. The Morgan fingerprint density at radius 3 is 2.42 bits per heavy atom. The van der Waals surface area contributed by atoms with Crippen LogP contribution in [-0.2, 0) is 6.42 Å². The van der Waals surface area contributed by atoms with Crippen LogP contribution in [0.15, 0.2) is 46.9 Å². The van der Waals surface area contributed by atoms with Crippen molar-refractivity contribution >= 4 is 27.5 Å². The highest BCUT2D eigenvalue weighted by molar-refractivity contribution is 9.10. The summed E-state index contributed by atoms with van der Waals surface area (Å²) < 4.78 is 6.15. The van der Waals surface area contributed by atoms with Gasteiger partial charge in [0.05, 0.1) is 17.0 Å². The molecule has 2 aromatic rings. The highest BCUT2D eigenvalue weighted by Crippen LogP contribution is 2.32. The van der Waals surface area contributed by atoms with Gasteiger partial charge in [0.1, 0.15) is 5.75 Å². The third-order valence-corrected chi connectivity index (χ3v) is 4.10. The number of hydrogen-bond donors (Lipinski definition) is 0. The van der Waals surface area contributed by atoms with Crippen molar-refractivity contribution in [3.8, 4) is 5.75 Å². The summed E-state index contributed by atoms with van der Waals surface area (Å²) in [4.78, 5) is 0. The second-order valence-corrected chi connectivity index (χ2v) is 5.93. The van der Waals surface area contributed by atoms with Crippen LogP contribution in [0.2, 0.25) is 0 Å². The lowest BCUT2D eigenvalue weighted by Gasteiger charge is -2.12. The average molecular weight is 340 g/mol. The van der Waals surface area contributed by atoms with Crippen molar-refractivity contribution in [2.45, 2.75) is 18.7 Å². The molecule has 2 rings (SSSR count). The van der Waals surface area contributed by atoms with Crippen LogP contribution in [0.4, 0.5) is 0 Å². The first-order chi connectivity index (χ1) is 9.10. The van der Waals surface area contributed by atoms with Gasteiger partial charge in [-0.05, 0) is 52.5 Å². The number of aryl methyl sites for hydroxylation is 1. The highest BCUT2D eigenvalue weighted by atomic mass is 79.9. The number of ether oxygens (including phenoxy) is 1. The van der Waals surface area contributed by atoms with Gasteiger partial charge in [0.15, 0.2) is 0 Å². The van der Waals surface area contributed by atoms with Gasteiger partial charge >= 0.3 is 0 Å². The average Bonchev–Trinajstić information content (AvgIpc) is 2.41. The molecule has 1 atom stereocenters. The van der Waals surface area contributed by atoms with E-state index in [1.165, 1.54) is 11.1 Å². The molecule has 2 aromatic carbocycles. The lowest BCUT2D eigenvalue weighted by atomic mass is 10.0. The van der Waals surface area contributed by atoms with Crippen molar-refractivity contribution in [1.29, 1.82) is 0 Å². The normalized spacial score (nSPS) is 12.2. The molecule has 0 fully saturated rings. The molecule has 1 nitrogen and oxygen atoms in total. The van der Waals surface area contributed by atoms with Crippen LogP contribution in [-0.4, -0.2) is 7.11 Å². The van der Waals surface area contributed by atoms with E-state index in [0.717, 1.165) is 22.2 Å². The summed E-state index contributed by atoms with van der Waals surface area (Å²) in [6.45, 7) is 2.09. The van der Waals surface area contributed by atoms with Crippen LogP contribution < -0.4 is 4.74 Å². The van der Waals surface area contributed by atoms with Crippen LogP contribution in [0.1, 0.15) is 22.1 Å². The van der Waals surface area contributed by atoms with E-state index in [2.05, 4.69) is 47.1 Å². The first-order valence-corrected chi connectivity index (χ1v) is 7.36. The van der Waals surface area contributed by atoms with E-state index < -0.39 is 0 Å². The second-order valence-electron chi connectivity index (χ2n) is 4.55. The molecule has 19 heavy (non-hydrogen) atoms. The molecule has 3 heteroatoms. The van der Waals surface area contributed by atoms with Gasteiger partial charge in [0, 0.05) is 0 Å². The summed E-state index contributed by atoms with van der Waals surface area (Å²) in [5.74, 6) is 0.822. The van der Waals surface area contributed by atoms with E-state index in [9.17, 15) is 0 Å². The summed E-state index contributed by atoms with van der Waals surface area (Å²) in [6.07, 6.45) is 0.820. The van der Waals surface area contributed by atoms with Gasteiger partial charge in [-0.15, -0.1) is 11.6 Å². The Labute approximate surface area is 127 Å². The molecule has 100 valence electrons. The van der Waals surface area contributed by atoms with Crippen LogP contribution >= 0.6 is 27.5 Å². The van der Waals surface area contributed by atoms with Gasteiger partial charge in [-0.25, -0.2) is 0 Å². The van der Waals surface area contributed by atoms with E-state index in [1.54, 1.807) is 7.11 Å². The van der Waals surface area contributed by atoms with Crippen molar-refractivity contribution in [3.63, 3.8) is 0 Å². The number of methoxy groups -OCH3 is 1. The van der Waals surface area contributed by atoms with Crippen molar-refractivity contribution < 1.29 is 4.74 Å². The number of alkyl halides is 1. The van der Waals surface area contributed by atoms with Crippen LogP contribution in [0.5, 0.6) is 5.75 Å². The summed E-state index contributed by atoms with van der Waals surface area (Å²) in [5, 5.41) is -0.0371. The quantitative estimate of drug-likeness (QED) is 0.688. The third kappa shape index (κ3) is 3.74. The Morgan fingerprint density at radius 1 is 1.16 bits per heavy atom. The Hall–Kier alpha value is -0.990. The zero-order chi connectivity index (χ0) is 13.8. The maximum absolute atomic E-state index is 6.49. The third-order valence-electron chi connectivity index (χ3n) is 3.07. The molecule has 0 N–H and O–H groups in total. The minimum atomic E-state index is -0.0371. The van der Waals surface area contributed by atoms with Gasteiger partial charge < -0.3 is 4.74 Å². The molecule has 0 amide bonds. The van der Waals surface area contributed by atoms with E-state index in [1.807, 2.05) is 18.2 Å². The van der Waals surface area contributed by atoms with Crippen molar-refractivity contribution in [2.24, 2.45) is 0 Å². The standard InChI is InChI=1S/C16H16BrClO/c1-11-3-5-12(6-4-11)9-15(18)13-7-8-16(19-2)14(17)10-13/h3-8,10,15H,9H2,1-2H3. The zero-order valence-electron chi connectivity index (χ0n) is 11.0. The highest BCUT2D eigenvalue weighted by Gasteiger charge is 2.11. The zero-order valence-corrected chi connectivity index (χ0v) is 13.3. The van der Waals surface area contributed by atoms with Gasteiger partial charge in [0.2, 0.25) is 0 Å². The number of halogens is 2. The van der Waals surface area contributed by atoms with E-state index in [0.29, 0.717) is 0 Å². The van der Waals surface area contributed by atoms with E-state index >= 15 is 0 Å². The molecule has 0 saturated carbocycles. The SMILES string of the molecule is COc1ccc(C(Cl)Cc2ccc(C)cc2)cc1Br. The molecule has 0 radical (unpaired) electrons. The summed E-state index contributed by atoms with van der Waals surface area (Å²) >= 11 is 9.97. The number of hydrogen-bond acceptors (Lipinski definition) is 1. The molecule has 1 unspecified atom stereocenters. The fraction of sp³-hybridized carbons (Fsp3) is 0.250. The van der Waals surface area contributed by atoms with Crippen molar-refractivity contribution in [3.05, 3.63) is 63.6 Å². The lowest BCUT2D eigenvalue weighted by Crippen LogP contribution is -1.97. The van der Waals surface area contributed by atoms with Gasteiger partial charge in [-0.1, -0.05) is 35.9 Å². The van der Waals surface area contributed by atoms with E-state index in [4.69, 9.17) is 16.3 Å². The summed E-state index contributed by atoms with van der Waals surface area (Å²) in [6, 6.07) is 14.4. The van der Waals surface area contributed by atoms with Gasteiger partial charge in [-0.3, -0.25) is 0 Å². The molecular formula is C16H16BrClO. The Balaban J connectivity index is 2.13. The fourth-order valence-electron chi connectivity index (χ4n) is 1.93. The van der Waals surface area contributed by atoms with Gasteiger partial charge in [0.25, 0.3) is 0 Å². The first-order valence-electron chi connectivity index (χ1n) is 6.13. The molecule has 0 saturated heterocycles. The minimum Gasteiger partial charge on any atom is -0.496 e. The lowest BCUT2D eigenvalue weighted by molar-refractivity contribution is 0.412. The fourth-order valence-corrected chi connectivity index (χ4v) is 2.80. The molecule has 0 aliphatic carbocycles. The largest absolute Gasteiger partial charge is 0.496 e. The van der Waals surface area contributed by atoms with Crippen LogP contribution in [0.25, 0.3) is 0 Å². The van der Waals surface area contributed by atoms with Crippen LogP contribution in [0.3, 0.4) is 0 Å². The Bertz CT molecular complexity index is 551. The summed E-state index contributed by atoms with van der Waals surface area (Å²) in [7, 11) is 1.66. The molecule has 0 aliphatic heterocycles. The molecule has 0 spiro atoms. The maximum Gasteiger partial charge on any atom is 0.133 e. The predicted molar refractivity (Wildman–Crippen MR) is 84.2 cm³/mol. The number of rotatable bonds is 4. The number of benzene rings is 2. The second kappa shape index (κ2) is 6.44. The van der Waals surface area contributed by atoms with Gasteiger partial charge in [-0.2, -0.15) is 0 Å². The molecule has 0 aromatic heterocycles. The van der Waals surface area contributed by atoms with E-state index in [-0.39, 0.29) is 5.38 Å². The molecule has 0 bridgehead atoms. The predicted octanol–water partition coefficient (Wildman–Crippen LogP) is 5.29. The van der Waals surface area contributed by atoms with Crippen molar-refractivity contribution in [2.75, 3.05) is 7.11 Å². The molecular weight excluding hydrogens is 324 g/mol. The van der Waals surface area contributed by atoms with Crippen molar-refractivity contribution in [1.82, 2.24) is 0 Å². The van der Waals surface area contributed by atoms with Crippen LogP contribution in [0, 0.1) is 6.92 Å². The minimum absolute atomic E-state index is 0.0371. The monoisotopic (exact) mass is 338 g/mol. The smallest absolute Gasteiger partial charge is 0.133 e. The maximum atomic E-state index is 6.49. The molecule has 0 heterocycles.